The molecule has 94 valence electrons. The molecule has 0 radical (unpaired) electrons. The first kappa shape index (κ1) is 13.6. The third-order valence-electron chi connectivity index (χ3n) is 2.51. The quantitative estimate of drug-likeness (QED) is 0.852. The average Bonchev–Trinajstić information content (AvgIpc) is 2.28. The van der Waals surface area contributed by atoms with E-state index in [4.69, 9.17) is 21.4 Å². The first-order valence-electron chi connectivity index (χ1n) is 5.26. The summed E-state index contributed by atoms with van der Waals surface area (Å²) in [6.45, 7) is 4.12. The number of benzene rings is 1. The molecule has 1 rings (SSSR count). The van der Waals surface area contributed by atoms with Gasteiger partial charge in [-0.2, -0.15) is 0 Å². The largest absolute Gasteiger partial charge is 0.495 e. The molecule has 1 aromatic rings. The van der Waals surface area contributed by atoms with E-state index in [1.165, 1.54) is 0 Å². The number of nitrogens with one attached hydrogen (secondary N) is 1. The van der Waals surface area contributed by atoms with E-state index in [9.17, 15) is 4.79 Å². The maximum Gasteiger partial charge on any atom is 0.305 e. The highest BCUT2D eigenvalue weighted by atomic mass is 35.5. The van der Waals surface area contributed by atoms with Crippen LogP contribution in [-0.2, 0) is 4.79 Å². The summed E-state index contributed by atoms with van der Waals surface area (Å²) in [6.07, 6.45) is 0.0497. The smallest absolute Gasteiger partial charge is 0.305 e. The summed E-state index contributed by atoms with van der Waals surface area (Å²) in [5, 5.41) is 12.3. The SMILES string of the molecule is COc1cc(C)c(Cl)c(C)c1NCCC(=O)O. The van der Waals surface area contributed by atoms with Crippen LogP contribution in [0.25, 0.3) is 0 Å². The van der Waals surface area contributed by atoms with E-state index >= 15 is 0 Å². The van der Waals surface area contributed by atoms with Crippen molar-refractivity contribution in [2.24, 2.45) is 0 Å². The summed E-state index contributed by atoms with van der Waals surface area (Å²) in [5.41, 5.74) is 2.56. The Kier molecular flexibility index (Phi) is 4.63. The van der Waals surface area contributed by atoms with Crippen molar-refractivity contribution in [3.63, 3.8) is 0 Å². The third-order valence-corrected chi connectivity index (χ3v) is 3.09. The number of carboxylic acid groups (broad SMARTS) is 1. The number of anilines is 1. The van der Waals surface area contributed by atoms with Crippen LogP contribution < -0.4 is 10.1 Å². The van der Waals surface area contributed by atoms with Gasteiger partial charge >= 0.3 is 5.97 Å². The van der Waals surface area contributed by atoms with Gasteiger partial charge in [0.05, 0.1) is 19.2 Å². The first-order chi connectivity index (χ1) is 7.97. The Hall–Kier alpha value is -1.42. The van der Waals surface area contributed by atoms with Crippen molar-refractivity contribution in [2.75, 3.05) is 19.0 Å². The minimum Gasteiger partial charge on any atom is -0.495 e. The Labute approximate surface area is 106 Å². The fourth-order valence-corrected chi connectivity index (χ4v) is 1.75. The lowest BCUT2D eigenvalue weighted by Crippen LogP contribution is -2.09. The molecule has 0 atom stereocenters. The molecule has 2 N–H and O–H groups in total. The lowest BCUT2D eigenvalue weighted by Gasteiger charge is -2.16. The van der Waals surface area contributed by atoms with Crippen LogP contribution in [0.5, 0.6) is 5.75 Å². The van der Waals surface area contributed by atoms with E-state index in [-0.39, 0.29) is 6.42 Å². The summed E-state index contributed by atoms with van der Waals surface area (Å²) >= 11 is 6.14. The van der Waals surface area contributed by atoms with Crippen LogP contribution in [-0.4, -0.2) is 24.7 Å². The normalized spacial score (nSPS) is 10.1. The van der Waals surface area contributed by atoms with E-state index in [0.29, 0.717) is 17.3 Å². The van der Waals surface area contributed by atoms with E-state index in [1.807, 2.05) is 19.9 Å². The first-order valence-corrected chi connectivity index (χ1v) is 5.64. The van der Waals surface area contributed by atoms with Crippen LogP contribution in [0, 0.1) is 13.8 Å². The molecule has 0 aliphatic heterocycles. The van der Waals surface area contributed by atoms with Crippen molar-refractivity contribution in [3.05, 3.63) is 22.2 Å². The predicted molar refractivity (Wildman–Crippen MR) is 68.2 cm³/mol. The van der Waals surface area contributed by atoms with Crippen LogP contribution in [0.4, 0.5) is 5.69 Å². The Morgan fingerprint density at radius 2 is 2.18 bits per heavy atom. The maximum atomic E-state index is 10.5. The van der Waals surface area contributed by atoms with E-state index < -0.39 is 5.97 Å². The molecule has 0 saturated heterocycles. The highest BCUT2D eigenvalue weighted by Crippen LogP contribution is 2.35. The number of rotatable bonds is 5. The number of carboxylic acids is 1. The van der Waals surface area contributed by atoms with Gasteiger partial charge < -0.3 is 15.2 Å². The maximum absolute atomic E-state index is 10.5. The minimum atomic E-state index is -0.840. The monoisotopic (exact) mass is 257 g/mol. The number of carbonyl (C=O) groups is 1. The minimum absolute atomic E-state index is 0.0497. The lowest BCUT2D eigenvalue weighted by molar-refractivity contribution is -0.136. The van der Waals surface area contributed by atoms with Crippen molar-refractivity contribution < 1.29 is 14.6 Å². The van der Waals surface area contributed by atoms with Crippen molar-refractivity contribution in [1.82, 2.24) is 0 Å². The van der Waals surface area contributed by atoms with Crippen molar-refractivity contribution in [3.8, 4) is 5.75 Å². The molecule has 17 heavy (non-hydrogen) atoms. The third kappa shape index (κ3) is 3.27. The molecule has 0 spiro atoms. The lowest BCUT2D eigenvalue weighted by atomic mass is 10.1. The van der Waals surface area contributed by atoms with E-state index in [1.54, 1.807) is 7.11 Å². The summed E-state index contributed by atoms with van der Waals surface area (Å²) in [5.74, 6) is -0.165. The van der Waals surface area contributed by atoms with Gasteiger partial charge in [0.1, 0.15) is 5.75 Å². The second-order valence-electron chi connectivity index (χ2n) is 3.78. The molecule has 0 fully saturated rings. The molecular weight excluding hydrogens is 242 g/mol. The summed E-state index contributed by atoms with van der Waals surface area (Å²) < 4.78 is 5.25. The molecule has 0 aliphatic rings. The number of methoxy groups -OCH3 is 1. The van der Waals surface area contributed by atoms with Crippen molar-refractivity contribution in [1.29, 1.82) is 0 Å². The van der Waals surface area contributed by atoms with Crippen LogP contribution in [0.15, 0.2) is 6.07 Å². The molecule has 0 amide bonds. The highest BCUT2D eigenvalue weighted by Gasteiger charge is 2.12. The Balaban J connectivity index is 2.96. The number of hydrogen-bond acceptors (Lipinski definition) is 3. The second-order valence-corrected chi connectivity index (χ2v) is 4.16. The Bertz CT molecular complexity index is 432. The average molecular weight is 258 g/mol. The Morgan fingerprint density at radius 1 is 1.53 bits per heavy atom. The number of aliphatic carboxylic acids is 1. The zero-order chi connectivity index (χ0) is 13.0. The van der Waals surface area contributed by atoms with Crippen molar-refractivity contribution >= 4 is 23.3 Å². The number of aryl methyl sites for hydroxylation is 1. The molecular formula is C12H16ClNO3. The zero-order valence-corrected chi connectivity index (χ0v) is 10.9. The van der Waals surface area contributed by atoms with Gasteiger partial charge in [-0.05, 0) is 31.0 Å². The van der Waals surface area contributed by atoms with Gasteiger partial charge in [0.2, 0.25) is 0 Å². The highest BCUT2D eigenvalue weighted by molar-refractivity contribution is 6.32. The van der Waals surface area contributed by atoms with Crippen LogP contribution >= 0.6 is 11.6 Å². The molecule has 0 aliphatic carbocycles. The fourth-order valence-electron chi connectivity index (χ4n) is 1.60. The molecule has 1 aromatic carbocycles. The standard InChI is InChI=1S/C12H16ClNO3/c1-7-6-9(17-3)12(8(2)11(7)13)14-5-4-10(15)16/h6,14H,4-5H2,1-3H3,(H,15,16). The van der Waals surface area contributed by atoms with Gasteiger partial charge in [-0.3, -0.25) is 4.79 Å². The van der Waals surface area contributed by atoms with Gasteiger partial charge in [0.25, 0.3) is 0 Å². The fraction of sp³-hybridized carbons (Fsp3) is 0.417. The molecule has 0 heterocycles. The van der Waals surface area contributed by atoms with Crippen LogP contribution in [0.2, 0.25) is 5.02 Å². The number of hydrogen-bond donors (Lipinski definition) is 2. The van der Waals surface area contributed by atoms with Gasteiger partial charge in [-0.25, -0.2) is 0 Å². The topological polar surface area (TPSA) is 58.6 Å². The molecule has 4 nitrogen and oxygen atoms in total. The summed E-state index contributed by atoms with van der Waals surface area (Å²) in [6, 6.07) is 1.83. The van der Waals surface area contributed by atoms with Crippen LogP contribution in [0.3, 0.4) is 0 Å². The number of ether oxygens (including phenoxy) is 1. The van der Waals surface area contributed by atoms with Crippen molar-refractivity contribution in [2.45, 2.75) is 20.3 Å². The Morgan fingerprint density at radius 3 is 2.71 bits per heavy atom. The molecule has 0 bridgehead atoms. The van der Waals surface area contributed by atoms with Gasteiger partial charge in [0.15, 0.2) is 0 Å². The van der Waals surface area contributed by atoms with Crippen LogP contribution in [0.1, 0.15) is 17.5 Å². The molecule has 5 heteroatoms. The zero-order valence-electron chi connectivity index (χ0n) is 10.1. The molecule has 0 unspecified atom stereocenters. The second kappa shape index (κ2) is 5.77. The summed E-state index contributed by atoms with van der Waals surface area (Å²) in [4.78, 5) is 10.5. The van der Waals surface area contributed by atoms with E-state index in [2.05, 4.69) is 5.32 Å². The van der Waals surface area contributed by atoms with Gasteiger partial charge in [-0.1, -0.05) is 11.6 Å². The predicted octanol–water partition coefficient (Wildman–Crippen LogP) is 2.85. The van der Waals surface area contributed by atoms with Gasteiger partial charge in [0, 0.05) is 11.6 Å². The number of halogens is 1. The molecule has 0 saturated carbocycles. The van der Waals surface area contributed by atoms with E-state index in [0.717, 1.165) is 16.8 Å². The molecule has 0 aromatic heterocycles. The summed E-state index contributed by atoms with van der Waals surface area (Å²) in [7, 11) is 1.57. The van der Waals surface area contributed by atoms with Gasteiger partial charge in [-0.15, -0.1) is 0 Å².